The molecule has 1 aromatic heterocycles. The Labute approximate surface area is 148 Å². The number of hydrogen-bond donors (Lipinski definition) is 1. The number of carbonyl (C=O) groups excluding carboxylic acids is 1. The first-order chi connectivity index (χ1) is 10.9. The summed E-state index contributed by atoms with van der Waals surface area (Å²) in [6.45, 7) is 0.286. The van der Waals surface area contributed by atoms with Crippen LogP contribution in [0.2, 0.25) is 0 Å². The predicted octanol–water partition coefficient (Wildman–Crippen LogP) is 2.49. The molecule has 0 radical (unpaired) electrons. The molecule has 23 heavy (non-hydrogen) atoms. The van der Waals surface area contributed by atoms with Crippen LogP contribution in [-0.2, 0) is 21.2 Å². The minimum atomic E-state index is -3.67. The van der Waals surface area contributed by atoms with E-state index in [1.807, 2.05) is 17.5 Å². The zero-order valence-corrected chi connectivity index (χ0v) is 15.7. The maximum atomic E-state index is 12.4. The molecule has 0 aliphatic heterocycles. The first-order valence-corrected chi connectivity index (χ1v) is 10.0. The molecule has 8 heteroatoms. The summed E-state index contributed by atoms with van der Waals surface area (Å²) in [6.07, 6.45) is 0.743. The van der Waals surface area contributed by atoms with Gasteiger partial charge in [-0.15, -0.1) is 11.3 Å². The van der Waals surface area contributed by atoms with Gasteiger partial charge in [0.1, 0.15) is 0 Å². The molecule has 1 aromatic carbocycles. The highest BCUT2D eigenvalue weighted by Crippen LogP contribution is 2.17. The van der Waals surface area contributed by atoms with Crippen LogP contribution in [0.4, 0.5) is 0 Å². The smallest absolute Gasteiger partial charge is 0.243 e. The molecule has 0 aliphatic rings. The van der Waals surface area contributed by atoms with Crippen molar-refractivity contribution in [1.82, 2.24) is 9.62 Å². The van der Waals surface area contributed by atoms with Crippen molar-refractivity contribution in [3.05, 3.63) is 51.1 Å². The number of amides is 1. The van der Waals surface area contributed by atoms with E-state index in [-0.39, 0.29) is 17.3 Å². The van der Waals surface area contributed by atoms with Gasteiger partial charge in [-0.2, -0.15) is 4.31 Å². The number of nitrogens with zero attached hydrogens (tertiary/aromatic N) is 1. The Morgan fingerprint density at radius 2 is 1.96 bits per heavy atom. The Bertz CT molecular complexity index is 744. The Morgan fingerprint density at radius 3 is 2.57 bits per heavy atom. The number of hydrogen-bond acceptors (Lipinski definition) is 4. The van der Waals surface area contributed by atoms with Gasteiger partial charge < -0.3 is 5.32 Å². The van der Waals surface area contributed by atoms with Crippen molar-refractivity contribution < 1.29 is 13.2 Å². The highest BCUT2D eigenvalue weighted by atomic mass is 79.9. The molecule has 0 saturated carbocycles. The lowest BCUT2D eigenvalue weighted by Crippen LogP contribution is -2.38. The molecule has 124 valence electrons. The summed E-state index contributed by atoms with van der Waals surface area (Å²) < 4.78 is 26.6. The fraction of sp³-hybridized carbons (Fsp3) is 0.267. The van der Waals surface area contributed by atoms with E-state index < -0.39 is 10.0 Å². The van der Waals surface area contributed by atoms with E-state index in [0.717, 1.165) is 15.2 Å². The maximum Gasteiger partial charge on any atom is 0.243 e. The third-order valence-electron chi connectivity index (χ3n) is 3.16. The molecule has 0 aliphatic carbocycles. The lowest BCUT2D eigenvalue weighted by molar-refractivity contribution is -0.121. The van der Waals surface area contributed by atoms with Gasteiger partial charge in [-0.25, -0.2) is 8.42 Å². The van der Waals surface area contributed by atoms with E-state index in [2.05, 4.69) is 21.2 Å². The van der Waals surface area contributed by atoms with E-state index >= 15 is 0 Å². The van der Waals surface area contributed by atoms with Crippen LogP contribution in [0.3, 0.4) is 0 Å². The van der Waals surface area contributed by atoms with Crippen molar-refractivity contribution >= 4 is 43.2 Å². The lowest BCUT2D eigenvalue weighted by atomic mass is 10.3. The monoisotopic (exact) mass is 416 g/mol. The van der Waals surface area contributed by atoms with E-state index in [4.69, 9.17) is 0 Å². The Balaban J connectivity index is 1.88. The molecule has 1 N–H and O–H groups in total. The van der Waals surface area contributed by atoms with Gasteiger partial charge in [0.25, 0.3) is 0 Å². The fourth-order valence-corrected chi connectivity index (χ4v) is 4.01. The second-order valence-electron chi connectivity index (χ2n) is 4.89. The molecular weight excluding hydrogens is 400 g/mol. The summed E-state index contributed by atoms with van der Waals surface area (Å²) in [6, 6.07) is 10.3. The molecule has 0 spiro atoms. The van der Waals surface area contributed by atoms with Crippen LogP contribution in [0.1, 0.15) is 4.88 Å². The van der Waals surface area contributed by atoms with Crippen molar-refractivity contribution in [2.24, 2.45) is 0 Å². The minimum absolute atomic E-state index is 0.162. The summed E-state index contributed by atoms with van der Waals surface area (Å²) in [5, 5.41) is 4.72. The molecule has 1 heterocycles. The molecular formula is C15H17BrN2O3S2. The quantitative estimate of drug-likeness (QED) is 0.753. The molecule has 5 nitrogen and oxygen atoms in total. The highest BCUT2D eigenvalue weighted by molar-refractivity contribution is 9.10. The molecule has 0 bridgehead atoms. The zero-order valence-electron chi connectivity index (χ0n) is 12.5. The molecule has 0 unspecified atom stereocenters. The number of thiophene rings is 1. The van der Waals surface area contributed by atoms with Gasteiger partial charge in [-0.3, -0.25) is 4.79 Å². The van der Waals surface area contributed by atoms with Crippen LogP contribution in [0.15, 0.2) is 51.1 Å². The molecule has 0 atom stereocenters. The van der Waals surface area contributed by atoms with Crippen molar-refractivity contribution in [2.75, 3.05) is 20.1 Å². The van der Waals surface area contributed by atoms with Gasteiger partial charge in [-0.05, 0) is 42.1 Å². The summed E-state index contributed by atoms with van der Waals surface area (Å²) in [5.41, 5.74) is 0. The van der Waals surface area contributed by atoms with Crippen LogP contribution in [0.25, 0.3) is 0 Å². The Morgan fingerprint density at radius 1 is 1.26 bits per heavy atom. The summed E-state index contributed by atoms with van der Waals surface area (Å²) >= 11 is 4.89. The molecule has 2 rings (SSSR count). The van der Waals surface area contributed by atoms with Gasteiger partial charge in [0.05, 0.1) is 11.4 Å². The lowest BCUT2D eigenvalue weighted by Gasteiger charge is -2.17. The standard InChI is InChI=1S/C15H17BrN2O3S2/c1-18(23(20,21)14-6-4-12(16)5-7-14)11-15(19)17-9-8-13-3-2-10-22-13/h2-7,10H,8-9,11H2,1H3,(H,17,19). The number of carbonyl (C=O) groups is 1. The Hall–Kier alpha value is -1.22. The number of rotatable bonds is 7. The average Bonchev–Trinajstić information content (AvgIpc) is 3.01. The van der Waals surface area contributed by atoms with Crippen molar-refractivity contribution in [3.63, 3.8) is 0 Å². The fourth-order valence-electron chi connectivity index (χ4n) is 1.91. The summed E-state index contributed by atoms with van der Waals surface area (Å²) in [5.74, 6) is -0.315. The van der Waals surface area contributed by atoms with Crippen LogP contribution < -0.4 is 5.32 Å². The molecule has 1 amide bonds. The van der Waals surface area contributed by atoms with Gasteiger partial charge >= 0.3 is 0 Å². The first kappa shape index (κ1) is 18.1. The van der Waals surface area contributed by atoms with E-state index in [0.29, 0.717) is 6.54 Å². The number of benzene rings is 1. The van der Waals surface area contributed by atoms with Crippen LogP contribution in [-0.4, -0.2) is 38.8 Å². The number of nitrogens with one attached hydrogen (secondary N) is 1. The topological polar surface area (TPSA) is 66.5 Å². The van der Waals surface area contributed by atoms with E-state index in [1.165, 1.54) is 24.1 Å². The molecule has 0 saturated heterocycles. The largest absolute Gasteiger partial charge is 0.355 e. The zero-order chi connectivity index (χ0) is 16.9. The second-order valence-corrected chi connectivity index (χ2v) is 8.89. The van der Waals surface area contributed by atoms with Crippen LogP contribution in [0.5, 0.6) is 0 Å². The van der Waals surface area contributed by atoms with Crippen molar-refractivity contribution in [3.8, 4) is 0 Å². The van der Waals surface area contributed by atoms with Crippen LogP contribution >= 0.6 is 27.3 Å². The second kappa shape index (κ2) is 8.05. The third-order valence-corrected chi connectivity index (χ3v) is 6.44. The Kier molecular flexibility index (Phi) is 6.34. The van der Waals surface area contributed by atoms with Gasteiger partial charge in [0.2, 0.25) is 15.9 Å². The number of halogens is 1. The predicted molar refractivity (Wildman–Crippen MR) is 95.0 cm³/mol. The van der Waals surface area contributed by atoms with Gasteiger partial charge in [-0.1, -0.05) is 22.0 Å². The molecule has 2 aromatic rings. The van der Waals surface area contributed by atoms with Crippen LogP contribution in [0, 0.1) is 0 Å². The normalized spacial score (nSPS) is 11.6. The number of likely N-dealkylation sites (N-methyl/N-ethyl adjacent to an activating group) is 1. The van der Waals surface area contributed by atoms with E-state index in [1.54, 1.807) is 23.5 Å². The summed E-state index contributed by atoms with van der Waals surface area (Å²) in [7, 11) is -2.27. The minimum Gasteiger partial charge on any atom is -0.355 e. The van der Waals surface area contributed by atoms with Gasteiger partial charge in [0.15, 0.2) is 0 Å². The van der Waals surface area contributed by atoms with Crippen molar-refractivity contribution in [2.45, 2.75) is 11.3 Å². The maximum absolute atomic E-state index is 12.4. The first-order valence-electron chi connectivity index (χ1n) is 6.90. The number of sulfonamides is 1. The SMILES string of the molecule is CN(CC(=O)NCCc1cccs1)S(=O)(=O)c1ccc(Br)cc1. The van der Waals surface area contributed by atoms with Gasteiger partial charge in [0, 0.05) is 22.9 Å². The highest BCUT2D eigenvalue weighted by Gasteiger charge is 2.22. The molecule has 0 fully saturated rings. The average molecular weight is 417 g/mol. The van der Waals surface area contributed by atoms with E-state index in [9.17, 15) is 13.2 Å². The van der Waals surface area contributed by atoms with Crippen molar-refractivity contribution in [1.29, 1.82) is 0 Å². The summed E-state index contributed by atoms with van der Waals surface area (Å²) in [4.78, 5) is 13.2. The third kappa shape index (κ3) is 5.13.